The van der Waals surface area contributed by atoms with Crippen LogP contribution in [0, 0.1) is 13.8 Å². The predicted octanol–water partition coefficient (Wildman–Crippen LogP) is 11.4. The van der Waals surface area contributed by atoms with Gasteiger partial charge >= 0.3 is 0 Å². The van der Waals surface area contributed by atoms with Crippen LogP contribution in [0.2, 0.25) is 0 Å². The van der Waals surface area contributed by atoms with Crippen molar-refractivity contribution in [1.82, 2.24) is 19.9 Å². The molecule has 0 spiro atoms. The maximum atomic E-state index is 4.47. The molecule has 0 unspecified atom stereocenters. The van der Waals surface area contributed by atoms with Gasteiger partial charge in [0.15, 0.2) is 0 Å². The third-order valence-corrected chi connectivity index (χ3v) is 8.10. The van der Waals surface area contributed by atoms with Gasteiger partial charge in [0.25, 0.3) is 0 Å². The first-order valence-electron chi connectivity index (χ1n) is 17.1. The van der Waals surface area contributed by atoms with Crippen LogP contribution in [0.1, 0.15) is 81.1 Å². The highest BCUT2D eigenvalue weighted by Crippen LogP contribution is 2.13. The zero-order valence-corrected chi connectivity index (χ0v) is 29.4. The summed E-state index contributed by atoms with van der Waals surface area (Å²) in [6.07, 6.45) is 25.5. The molecule has 4 nitrogen and oxygen atoms in total. The average molecular weight is 653 g/mol. The molecule has 0 atom stereocenters. The second-order valence-corrected chi connectivity index (χ2v) is 12.1. The number of hydrogen-bond acceptors (Lipinski definition) is 4. The van der Waals surface area contributed by atoms with Crippen LogP contribution in [-0.4, -0.2) is 19.9 Å². The Morgan fingerprint density at radius 3 is 0.800 bits per heavy atom. The Hall–Kier alpha value is -6.00. The average Bonchev–Trinajstić information content (AvgIpc) is 3.17. The van der Waals surface area contributed by atoms with E-state index in [1.54, 1.807) is 24.8 Å². The number of hydrogen-bond donors (Lipinski definition) is 0. The van der Waals surface area contributed by atoms with E-state index in [9.17, 15) is 0 Å². The van der Waals surface area contributed by atoms with E-state index >= 15 is 0 Å². The summed E-state index contributed by atoms with van der Waals surface area (Å²) in [5, 5.41) is 0. The van der Waals surface area contributed by atoms with Gasteiger partial charge in [0.05, 0.1) is 47.6 Å². The molecule has 6 aromatic rings. The van der Waals surface area contributed by atoms with E-state index in [4.69, 9.17) is 0 Å². The topological polar surface area (TPSA) is 51.6 Å². The third-order valence-electron chi connectivity index (χ3n) is 8.10. The number of nitrogens with zero attached hydrogens (tertiary/aromatic N) is 4. The quantitative estimate of drug-likeness (QED) is 0.148. The van der Waals surface area contributed by atoms with Crippen molar-refractivity contribution in [2.45, 2.75) is 40.5 Å². The van der Waals surface area contributed by atoms with Crippen molar-refractivity contribution in [1.29, 1.82) is 0 Å². The lowest BCUT2D eigenvalue weighted by Crippen LogP contribution is -1.87. The lowest BCUT2D eigenvalue weighted by atomic mass is 10.1. The number of aryl methyl sites for hydroxylation is 4. The number of benzene rings is 4. The summed E-state index contributed by atoms with van der Waals surface area (Å²) in [5.74, 6) is 0. The summed E-state index contributed by atoms with van der Waals surface area (Å²) >= 11 is 0. The van der Waals surface area contributed by atoms with E-state index in [0.717, 1.165) is 46.7 Å². The van der Waals surface area contributed by atoms with Crippen molar-refractivity contribution in [3.63, 3.8) is 0 Å². The van der Waals surface area contributed by atoms with E-state index in [-0.39, 0.29) is 0 Å². The van der Waals surface area contributed by atoms with E-state index in [0.29, 0.717) is 0 Å². The molecular formula is C46H44N4. The first-order valence-corrected chi connectivity index (χ1v) is 17.1. The van der Waals surface area contributed by atoms with Gasteiger partial charge in [0.1, 0.15) is 0 Å². The van der Waals surface area contributed by atoms with Crippen LogP contribution in [0.3, 0.4) is 0 Å². The molecule has 0 saturated carbocycles. The zero-order chi connectivity index (χ0) is 35.0. The van der Waals surface area contributed by atoms with Crippen molar-refractivity contribution in [2.75, 3.05) is 0 Å². The Labute approximate surface area is 297 Å². The van der Waals surface area contributed by atoms with Gasteiger partial charge in [0.2, 0.25) is 0 Å². The molecule has 6 rings (SSSR count). The van der Waals surface area contributed by atoms with Crippen LogP contribution < -0.4 is 0 Å². The fourth-order valence-corrected chi connectivity index (χ4v) is 4.85. The molecule has 2 heterocycles. The highest BCUT2D eigenvalue weighted by Gasteiger charge is 1.96. The van der Waals surface area contributed by atoms with Gasteiger partial charge in [-0.15, -0.1) is 0 Å². The minimum absolute atomic E-state index is 0.850. The lowest BCUT2D eigenvalue weighted by Gasteiger charge is -1.99. The molecule has 0 saturated heterocycles. The maximum Gasteiger partial charge on any atom is 0.0813 e. The first-order chi connectivity index (χ1) is 24.4. The molecule has 248 valence electrons. The van der Waals surface area contributed by atoms with Crippen LogP contribution in [0.5, 0.6) is 0 Å². The molecule has 2 aromatic heterocycles. The minimum atomic E-state index is 0.850. The smallest absolute Gasteiger partial charge is 0.0813 e. The number of aromatic nitrogens is 4. The molecule has 0 fully saturated rings. The molecule has 0 aliphatic rings. The van der Waals surface area contributed by atoms with Crippen molar-refractivity contribution in [3.8, 4) is 0 Å². The van der Waals surface area contributed by atoms with Crippen molar-refractivity contribution < 1.29 is 0 Å². The fourth-order valence-electron chi connectivity index (χ4n) is 4.85. The highest BCUT2D eigenvalue weighted by atomic mass is 14.8. The SMILES string of the molecule is CCc1ccc(/C=C/c2cnc(/C=C/c3ccc(CC)cc3)cn2)cc1.Cc1ccc(/C=C/c2cnc(/C=C/c3ccc(C)cc3)cn2)cc1. The molecule has 0 N–H and O–H groups in total. The molecule has 0 aliphatic carbocycles. The van der Waals surface area contributed by atoms with Gasteiger partial charge in [-0.1, -0.05) is 146 Å². The van der Waals surface area contributed by atoms with Gasteiger partial charge in [0, 0.05) is 0 Å². The van der Waals surface area contributed by atoms with Crippen LogP contribution in [0.25, 0.3) is 48.6 Å². The largest absolute Gasteiger partial charge is 0.253 e. The van der Waals surface area contributed by atoms with Gasteiger partial charge in [-0.25, -0.2) is 0 Å². The summed E-state index contributed by atoms with van der Waals surface area (Å²) in [4.78, 5) is 17.8. The Bertz CT molecular complexity index is 1860. The molecule has 0 aliphatic heterocycles. The Morgan fingerprint density at radius 2 is 0.580 bits per heavy atom. The van der Waals surface area contributed by atoms with Gasteiger partial charge in [-0.3, -0.25) is 19.9 Å². The summed E-state index contributed by atoms with van der Waals surface area (Å²) < 4.78 is 0. The molecule has 4 aromatic carbocycles. The first kappa shape index (κ1) is 35.3. The van der Waals surface area contributed by atoms with E-state index < -0.39 is 0 Å². The Balaban J connectivity index is 0.000000195. The van der Waals surface area contributed by atoms with Crippen molar-refractivity contribution in [2.24, 2.45) is 0 Å². The summed E-state index contributed by atoms with van der Waals surface area (Å²) in [5.41, 5.74) is 13.3. The zero-order valence-electron chi connectivity index (χ0n) is 29.4. The van der Waals surface area contributed by atoms with E-state index in [1.165, 1.54) is 33.4 Å². The fraction of sp³-hybridized carbons (Fsp3) is 0.130. The molecule has 0 radical (unpaired) electrons. The lowest BCUT2D eigenvalue weighted by molar-refractivity contribution is 1.14. The van der Waals surface area contributed by atoms with Crippen LogP contribution in [0.15, 0.2) is 122 Å². The maximum absolute atomic E-state index is 4.47. The third kappa shape index (κ3) is 11.6. The van der Waals surface area contributed by atoms with Gasteiger partial charge in [-0.2, -0.15) is 0 Å². The normalized spacial score (nSPS) is 11.4. The highest BCUT2D eigenvalue weighted by molar-refractivity contribution is 5.71. The van der Waals surface area contributed by atoms with E-state index in [1.807, 2.05) is 36.5 Å². The molecule has 4 heteroatoms. The Kier molecular flexibility index (Phi) is 13.1. The second-order valence-electron chi connectivity index (χ2n) is 12.1. The van der Waals surface area contributed by atoms with E-state index in [2.05, 4.69) is 157 Å². The summed E-state index contributed by atoms with van der Waals surface area (Å²) in [6.45, 7) is 8.50. The molecular weight excluding hydrogens is 609 g/mol. The Morgan fingerprint density at radius 1 is 0.340 bits per heavy atom. The minimum Gasteiger partial charge on any atom is -0.253 e. The summed E-state index contributed by atoms with van der Waals surface area (Å²) in [7, 11) is 0. The molecule has 0 amide bonds. The number of rotatable bonds is 10. The second kappa shape index (κ2) is 18.5. The van der Waals surface area contributed by atoms with Crippen LogP contribution in [-0.2, 0) is 12.8 Å². The van der Waals surface area contributed by atoms with Crippen LogP contribution >= 0.6 is 0 Å². The van der Waals surface area contributed by atoms with Crippen molar-refractivity contribution in [3.05, 3.63) is 189 Å². The van der Waals surface area contributed by atoms with Crippen molar-refractivity contribution >= 4 is 48.6 Å². The summed E-state index contributed by atoms with van der Waals surface area (Å²) in [6, 6.07) is 33.9. The van der Waals surface area contributed by atoms with Gasteiger partial charge < -0.3 is 0 Å². The standard InChI is InChI=1S/C24H24N2.C22H20N2/c1-3-19-5-9-21(10-6-19)13-15-23-17-26-24(18-25-23)16-14-22-11-7-20(4-2)8-12-22;1-17-3-7-19(8-4-17)11-13-21-15-24-22(16-23-21)14-12-20-9-5-18(2)6-10-20/h5-18H,3-4H2,1-2H3;3-16H,1-2H3/b15-13+,16-14+;13-11+,14-12+. The van der Waals surface area contributed by atoms with Gasteiger partial charge in [-0.05, 0) is 84.4 Å². The monoisotopic (exact) mass is 652 g/mol. The molecule has 50 heavy (non-hydrogen) atoms. The molecule has 0 bridgehead atoms. The van der Waals surface area contributed by atoms with Crippen LogP contribution in [0.4, 0.5) is 0 Å². The predicted molar refractivity (Wildman–Crippen MR) is 214 cm³/mol.